The number of hydrogen-bond acceptors (Lipinski definition) is 4. The molecular formula is C12H35NO3Si4. The fraction of sp³-hybridized carbons (Fsp3) is 1.00. The van der Waals surface area contributed by atoms with Gasteiger partial charge in [-0.3, -0.25) is 4.57 Å². The van der Waals surface area contributed by atoms with Gasteiger partial charge < -0.3 is 12.3 Å². The van der Waals surface area contributed by atoms with Gasteiger partial charge in [-0.1, -0.05) is 6.92 Å². The minimum atomic E-state index is -2.79. The fourth-order valence-electron chi connectivity index (χ4n) is 1.65. The maximum atomic E-state index is 6.56. The summed E-state index contributed by atoms with van der Waals surface area (Å²) in [6.45, 7) is 22.9. The first kappa shape index (κ1) is 20.7. The molecule has 0 aromatic heterocycles. The van der Waals surface area contributed by atoms with Gasteiger partial charge in [0, 0.05) is 0 Å². The highest BCUT2D eigenvalue weighted by Gasteiger charge is 2.54. The second-order valence-electron chi connectivity index (χ2n) is 8.18. The van der Waals surface area contributed by atoms with E-state index in [1.165, 1.54) is 0 Å². The molecule has 0 spiro atoms. The number of rotatable bonds is 8. The van der Waals surface area contributed by atoms with Gasteiger partial charge in [0.25, 0.3) is 0 Å². The highest BCUT2D eigenvalue weighted by molar-refractivity contribution is 6.89. The van der Waals surface area contributed by atoms with Crippen LogP contribution in [-0.2, 0) is 12.3 Å². The topological polar surface area (TPSA) is 30.9 Å². The first-order valence-corrected chi connectivity index (χ1v) is 19.3. The predicted octanol–water partition coefficient (Wildman–Crippen LogP) is 3.93. The molecule has 20 heavy (non-hydrogen) atoms. The molecule has 0 aliphatic rings. The van der Waals surface area contributed by atoms with Crippen LogP contribution in [0.25, 0.3) is 0 Å². The van der Waals surface area contributed by atoms with Crippen molar-refractivity contribution in [2.75, 3.05) is 13.6 Å². The lowest BCUT2D eigenvalue weighted by Gasteiger charge is -2.45. The van der Waals surface area contributed by atoms with Crippen molar-refractivity contribution in [1.82, 2.24) is 4.57 Å². The van der Waals surface area contributed by atoms with Crippen molar-refractivity contribution in [3.63, 3.8) is 0 Å². The third kappa shape index (κ3) is 8.22. The Kier molecular flexibility index (Phi) is 7.10. The van der Waals surface area contributed by atoms with Crippen LogP contribution in [0.5, 0.6) is 0 Å². The normalized spacial score (nSPS) is 15.0. The lowest BCUT2D eigenvalue weighted by molar-refractivity contribution is 0.172. The molecule has 4 nitrogen and oxygen atoms in total. The Morgan fingerprint density at radius 2 is 0.900 bits per heavy atom. The van der Waals surface area contributed by atoms with Crippen LogP contribution in [0.15, 0.2) is 0 Å². The molecule has 0 aromatic carbocycles. The highest BCUT2D eigenvalue weighted by Crippen LogP contribution is 2.27. The largest absolute Gasteiger partial charge is 0.567 e. The van der Waals surface area contributed by atoms with Crippen molar-refractivity contribution in [2.24, 2.45) is 0 Å². The van der Waals surface area contributed by atoms with E-state index in [1.807, 2.05) is 0 Å². The quantitative estimate of drug-likeness (QED) is 0.619. The van der Waals surface area contributed by atoms with Crippen molar-refractivity contribution in [3.8, 4) is 0 Å². The lowest BCUT2D eigenvalue weighted by Crippen LogP contribution is -2.69. The summed E-state index contributed by atoms with van der Waals surface area (Å²) in [4.78, 5) is 0. The van der Waals surface area contributed by atoms with Crippen LogP contribution in [0.2, 0.25) is 58.9 Å². The molecule has 0 amide bonds. The Bertz CT molecular complexity index is 267. The van der Waals surface area contributed by atoms with E-state index in [4.69, 9.17) is 12.3 Å². The van der Waals surface area contributed by atoms with Crippen LogP contribution in [0.1, 0.15) is 6.92 Å². The average Bonchev–Trinajstić information content (AvgIpc) is 2.07. The summed E-state index contributed by atoms with van der Waals surface area (Å²) in [7, 11) is -5.98. The molecule has 0 heterocycles. The Hall–Kier alpha value is 0.708. The molecule has 0 aromatic rings. The minimum Gasteiger partial charge on any atom is -0.405 e. The molecule has 0 N–H and O–H groups in total. The zero-order valence-corrected chi connectivity index (χ0v) is 19.4. The molecule has 8 heteroatoms. The molecule has 0 radical (unpaired) electrons. The molecule has 0 atom stereocenters. The Balaban J connectivity index is 5.63. The van der Waals surface area contributed by atoms with Crippen LogP contribution in [0, 0.1) is 0 Å². The van der Waals surface area contributed by atoms with E-state index in [0.29, 0.717) is 0 Å². The molecule has 0 aliphatic carbocycles. The first-order valence-electron chi connectivity index (χ1n) is 7.42. The second kappa shape index (κ2) is 6.86. The lowest BCUT2D eigenvalue weighted by atomic mass is 10.8. The van der Waals surface area contributed by atoms with Gasteiger partial charge in [-0.15, -0.1) is 0 Å². The zero-order chi connectivity index (χ0) is 16.4. The van der Waals surface area contributed by atoms with Gasteiger partial charge in [-0.2, -0.15) is 0 Å². The molecule has 0 fully saturated rings. The molecule has 122 valence electrons. The van der Waals surface area contributed by atoms with Gasteiger partial charge in [0.15, 0.2) is 25.0 Å². The molecule has 0 bridgehead atoms. The van der Waals surface area contributed by atoms with Gasteiger partial charge in [-0.05, 0) is 72.5 Å². The van der Waals surface area contributed by atoms with E-state index in [2.05, 4.69) is 77.5 Å². The van der Waals surface area contributed by atoms with Crippen molar-refractivity contribution in [3.05, 3.63) is 0 Å². The third-order valence-electron chi connectivity index (χ3n) is 2.25. The maximum absolute atomic E-state index is 6.56. The minimum absolute atomic E-state index is 0.881. The summed E-state index contributed by atoms with van der Waals surface area (Å²) >= 11 is 0. The number of hydrogen-bond donors (Lipinski definition) is 0. The van der Waals surface area contributed by atoms with Gasteiger partial charge in [0.2, 0.25) is 0 Å². The summed E-state index contributed by atoms with van der Waals surface area (Å²) in [6, 6.07) is 0. The van der Waals surface area contributed by atoms with Gasteiger partial charge in [0.1, 0.15) is 0 Å². The van der Waals surface area contributed by atoms with Gasteiger partial charge in [0.05, 0.1) is 0 Å². The summed E-state index contributed by atoms with van der Waals surface area (Å²) in [5.41, 5.74) is 0. The van der Waals surface area contributed by atoms with E-state index in [-0.39, 0.29) is 0 Å². The van der Waals surface area contributed by atoms with Crippen molar-refractivity contribution in [2.45, 2.75) is 65.8 Å². The highest BCUT2D eigenvalue weighted by atomic mass is 28.5. The Labute approximate surface area is 130 Å². The SMILES string of the molecule is CCN(C)[Si](O[Si](C)(C)C)(O[Si](C)(C)C)O[Si](C)(C)C. The summed E-state index contributed by atoms with van der Waals surface area (Å²) in [6.07, 6.45) is 0. The van der Waals surface area contributed by atoms with Crippen LogP contribution in [0.3, 0.4) is 0 Å². The van der Waals surface area contributed by atoms with Crippen LogP contribution in [-0.4, -0.2) is 52.1 Å². The first-order chi connectivity index (χ1) is 8.60. The van der Waals surface area contributed by atoms with Gasteiger partial charge in [-0.25, -0.2) is 0 Å². The predicted molar refractivity (Wildman–Crippen MR) is 97.4 cm³/mol. The van der Waals surface area contributed by atoms with Crippen molar-refractivity contribution < 1.29 is 12.3 Å². The van der Waals surface area contributed by atoms with E-state index >= 15 is 0 Å². The van der Waals surface area contributed by atoms with Crippen LogP contribution < -0.4 is 0 Å². The average molecular weight is 354 g/mol. The summed E-state index contributed by atoms with van der Waals surface area (Å²) in [5, 5.41) is 0. The van der Waals surface area contributed by atoms with Gasteiger partial charge >= 0.3 is 8.97 Å². The van der Waals surface area contributed by atoms with E-state index < -0.39 is 33.9 Å². The monoisotopic (exact) mass is 353 g/mol. The summed E-state index contributed by atoms with van der Waals surface area (Å²) < 4.78 is 21.9. The zero-order valence-electron chi connectivity index (χ0n) is 15.4. The van der Waals surface area contributed by atoms with E-state index in [0.717, 1.165) is 6.54 Å². The van der Waals surface area contributed by atoms with E-state index in [1.54, 1.807) is 0 Å². The third-order valence-corrected chi connectivity index (χ3v) is 13.9. The standard InChI is InChI=1S/C12H35NO3Si4/c1-12-13(2)20(14-17(3,4)5,15-18(6,7)8)16-19(9,10)11/h12H2,1-11H3. The van der Waals surface area contributed by atoms with Crippen molar-refractivity contribution >= 4 is 33.9 Å². The second-order valence-corrected chi connectivity index (χ2v) is 25.1. The Morgan fingerprint density at radius 3 is 1.05 bits per heavy atom. The van der Waals surface area contributed by atoms with E-state index in [9.17, 15) is 0 Å². The molecule has 0 saturated carbocycles. The fourth-order valence-corrected chi connectivity index (χ4v) is 14.8. The molecule has 0 saturated heterocycles. The molecule has 0 rings (SSSR count). The maximum Gasteiger partial charge on any atom is 0.567 e. The Morgan fingerprint density at radius 1 is 0.650 bits per heavy atom. The molecule has 0 aliphatic heterocycles. The van der Waals surface area contributed by atoms with Crippen LogP contribution >= 0.6 is 0 Å². The molecular weight excluding hydrogens is 318 g/mol. The summed E-state index contributed by atoms with van der Waals surface area (Å²) in [5.74, 6) is 0. The van der Waals surface area contributed by atoms with Crippen LogP contribution in [0.4, 0.5) is 0 Å². The van der Waals surface area contributed by atoms with Crippen molar-refractivity contribution in [1.29, 1.82) is 0 Å². The number of nitrogens with zero attached hydrogens (tertiary/aromatic N) is 1. The molecule has 0 unspecified atom stereocenters. The smallest absolute Gasteiger partial charge is 0.405 e.